The zero-order valence-electron chi connectivity index (χ0n) is 13.5. The van der Waals surface area contributed by atoms with Crippen molar-refractivity contribution in [3.05, 3.63) is 12.3 Å². The molecule has 0 radical (unpaired) electrons. The minimum absolute atomic E-state index is 0.331. The van der Waals surface area contributed by atoms with Gasteiger partial charge in [-0.05, 0) is 18.4 Å². The minimum atomic E-state index is -0.331. The van der Waals surface area contributed by atoms with Crippen LogP contribution in [0.2, 0.25) is 0 Å². The van der Waals surface area contributed by atoms with Crippen LogP contribution in [0.1, 0.15) is 33.1 Å². The average molecular weight is 306 g/mol. The number of anilines is 2. The molecule has 0 aliphatic carbocycles. The summed E-state index contributed by atoms with van der Waals surface area (Å²) in [6.07, 6.45) is 4.74. The monoisotopic (exact) mass is 306 g/mol. The van der Waals surface area contributed by atoms with Crippen LogP contribution in [0, 0.1) is 5.92 Å². The molecule has 122 valence electrons. The molecule has 22 heavy (non-hydrogen) atoms. The van der Waals surface area contributed by atoms with Gasteiger partial charge in [-0.2, -0.15) is 4.98 Å². The molecule has 0 amide bonds. The van der Waals surface area contributed by atoms with Crippen molar-refractivity contribution in [2.45, 2.75) is 38.9 Å². The third kappa shape index (κ3) is 3.67. The number of hydrogen-bond acceptors (Lipinski definition) is 6. The smallest absolute Gasteiger partial charge is 0.224 e. The highest BCUT2D eigenvalue weighted by atomic mass is 16.7. The number of rotatable bonds is 5. The standard InChI is InChI=1S/C16H26N4O2/c1-13(2)3-7-17-15-18-8-4-14(19-15)20-9-5-16(6-10-20)21-11-12-22-16/h4,8,13H,3,5-7,9-12H2,1-2H3,(H,17,18,19). The Morgan fingerprint density at radius 1 is 1.27 bits per heavy atom. The zero-order chi connectivity index (χ0) is 15.4. The summed E-state index contributed by atoms with van der Waals surface area (Å²) in [6.45, 7) is 8.59. The van der Waals surface area contributed by atoms with E-state index < -0.39 is 0 Å². The molecule has 6 nitrogen and oxygen atoms in total. The molecule has 0 bridgehead atoms. The molecule has 0 unspecified atom stereocenters. The molecule has 2 saturated heterocycles. The lowest BCUT2D eigenvalue weighted by Gasteiger charge is -2.38. The molecule has 1 N–H and O–H groups in total. The second kappa shape index (κ2) is 6.79. The molecule has 0 aromatic carbocycles. The van der Waals surface area contributed by atoms with E-state index in [9.17, 15) is 0 Å². The van der Waals surface area contributed by atoms with Gasteiger partial charge in [0.1, 0.15) is 5.82 Å². The Bertz CT molecular complexity index is 479. The fourth-order valence-electron chi connectivity index (χ4n) is 2.95. The Balaban J connectivity index is 1.56. The highest BCUT2D eigenvalue weighted by Gasteiger charge is 2.40. The van der Waals surface area contributed by atoms with Gasteiger partial charge in [-0.3, -0.25) is 0 Å². The largest absolute Gasteiger partial charge is 0.356 e. The Morgan fingerprint density at radius 3 is 2.68 bits per heavy atom. The molecule has 2 fully saturated rings. The second-order valence-electron chi connectivity index (χ2n) is 6.44. The summed E-state index contributed by atoms with van der Waals surface area (Å²) >= 11 is 0. The average Bonchev–Trinajstić information content (AvgIpc) is 2.96. The predicted molar refractivity (Wildman–Crippen MR) is 86.1 cm³/mol. The lowest BCUT2D eigenvalue weighted by atomic mass is 10.0. The highest BCUT2D eigenvalue weighted by molar-refractivity contribution is 5.43. The second-order valence-corrected chi connectivity index (χ2v) is 6.44. The van der Waals surface area contributed by atoms with Crippen LogP contribution >= 0.6 is 0 Å². The number of hydrogen-bond donors (Lipinski definition) is 1. The molecule has 0 saturated carbocycles. The van der Waals surface area contributed by atoms with E-state index in [0.29, 0.717) is 11.9 Å². The van der Waals surface area contributed by atoms with Gasteiger partial charge < -0.3 is 19.7 Å². The van der Waals surface area contributed by atoms with Gasteiger partial charge in [-0.25, -0.2) is 4.98 Å². The van der Waals surface area contributed by atoms with E-state index in [4.69, 9.17) is 9.47 Å². The number of ether oxygens (including phenoxy) is 2. The van der Waals surface area contributed by atoms with Gasteiger partial charge in [0.05, 0.1) is 13.2 Å². The number of piperidine rings is 1. The molecule has 3 rings (SSSR count). The highest BCUT2D eigenvalue weighted by Crippen LogP contribution is 2.32. The van der Waals surface area contributed by atoms with E-state index in [2.05, 4.69) is 34.0 Å². The van der Waals surface area contributed by atoms with Crippen molar-refractivity contribution in [2.24, 2.45) is 5.92 Å². The van der Waals surface area contributed by atoms with Crippen LogP contribution in [-0.2, 0) is 9.47 Å². The summed E-state index contributed by atoms with van der Waals surface area (Å²) in [5.74, 6) is 2.05. The molecule has 0 atom stereocenters. The maximum absolute atomic E-state index is 5.77. The molecular weight excluding hydrogens is 280 g/mol. The summed E-state index contributed by atoms with van der Waals surface area (Å²) < 4.78 is 11.5. The van der Waals surface area contributed by atoms with Crippen LogP contribution in [0.5, 0.6) is 0 Å². The minimum Gasteiger partial charge on any atom is -0.356 e. The Morgan fingerprint density at radius 2 is 2.00 bits per heavy atom. The summed E-state index contributed by atoms with van der Waals surface area (Å²) in [5.41, 5.74) is 0. The fraction of sp³-hybridized carbons (Fsp3) is 0.750. The van der Waals surface area contributed by atoms with Crippen LogP contribution in [0.15, 0.2) is 12.3 Å². The lowest BCUT2D eigenvalue weighted by molar-refractivity contribution is -0.169. The third-order valence-electron chi connectivity index (χ3n) is 4.31. The summed E-state index contributed by atoms with van der Waals surface area (Å²) in [6, 6.07) is 1.97. The third-order valence-corrected chi connectivity index (χ3v) is 4.31. The van der Waals surface area contributed by atoms with E-state index in [1.807, 2.05) is 12.3 Å². The van der Waals surface area contributed by atoms with Gasteiger partial charge in [0.2, 0.25) is 5.95 Å². The summed E-state index contributed by atoms with van der Waals surface area (Å²) in [5, 5.41) is 3.31. The fourth-order valence-corrected chi connectivity index (χ4v) is 2.95. The van der Waals surface area contributed by atoms with Crippen molar-refractivity contribution in [1.82, 2.24) is 9.97 Å². The molecule has 1 aromatic rings. The molecule has 2 aliphatic rings. The van der Waals surface area contributed by atoms with Crippen LogP contribution in [0.3, 0.4) is 0 Å². The van der Waals surface area contributed by atoms with Gasteiger partial charge in [-0.15, -0.1) is 0 Å². The SMILES string of the molecule is CC(C)CCNc1nccc(N2CCC3(CC2)OCCO3)n1. The maximum Gasteiger partial charge on any atom is 0.224 e. The van der Waals surface area contributed by atoms with Crippen molar-refractivity contribution in [3.63, 3.8) is 0 Å². The summed E-state index contributed by atoms with van der Waals surface area (Å²) in [4.78, 5) is 11.2. The molecular formula is C16H26N4O2. The van der Waals surface area contributed by atoms with Gasteiger partial charge in [0.25, 0.3) is 0 Å². The van der Waals surface area contributed by atoms with Crippen LogP contribution in [0.4, 0.5) is 11.8 Å². The van der Waals surface area contributed by atoms with Crippen LogP contribution in [0.25, 0.3) is 0 Å². The Hall–Kier alpha value is -1.40. The first-order valence-corrected chi connectivity index (χ1v) is 8.27. The van der Waals surface area contributed by atoms with Crippen molar-refractivity contribution in [2.75, 3.05) is 43.1 Å². The first-order valence-electron chi connectivity index (χ1n) is 8.27. The first-order chi connectivity index (χ1) is 10.7. The first kappa shape index (κ1) is 15.5. The Labute approximate surface area is 132 Å². The maximum atomic E-state index is 5.77. The van der Waals surface area contributed by atoms with E-state index in [1.54, 1.807) is 0 Å². The van der Waals surface area contributed by atoms with E-state index in [0.717, 1.165) is 57.9 Å². The van der Waals surface area contributed by atoms with Gasteiger partial charge >= 0.3 is 0 Å². The lowest BCUT2D eigenvalue weighted by Crippen LogP contribution is -2.45. The number of nitrogens with zero attached hydrogens (tertiary/aromatic N) is 3. The number of nitrogens with one attached hydrogen (secondary N) is 1. The van der Waals surface area contributed by atoms with Crippen molar-refractivity contribution < 1.29 is 9.47 Å². The topological polar surface area (TPSA) is 59.5 Å². The van der Waals surface area contributed by atoms with E-state index in [1.165, 1.54) is 0 Å². The van der Waals surface area contributed by atoms with Gasteiger partial charge in [-0.1, -0.05) is 13.8 Å². The van der Waals surface area contributed by atoms with Crippen molar-refractivity contribution in [1.29, 1.82) is 0 Å². The molecule has 6 heteroatoms. The molecule has 2 aliphatic heterocycles. The molecule has 1 aromatic heterocycles. The quantitative estimate of drug-likeness (QED) is 0.900. The van der Waals surface area contributed by atoms with Gasteiger partial charge in [0.15, 0.2) is 5.79 Å². The van der Waals surface area contributed by atoms with Gasteiger partial charge in [0, 0.05) is 38.7 Å². The molecule has 3 heterocycles. The van der Waals surface area contributed by atoms with Crippen molar-refractivity contribution >= 4 is 11.8 Å². The van der Waals surface area contributed by atoms with E-state index >= 15 is 0 Å². The zero-order valence-corrected chi connectivity index (χ0v) is 13.5. The van der Waals surface area contributed by atoms with Crippen LogP contribution < -0.4 is 10.2 Å². The number of aromatic nitrogens is 2. The Kier molecular flexibility index (Phi) is 4.78. The molecule has 1 spiro atoms. The summed E-state index contributed by atoms with van der Waals surface area (Å²) in [7, 11) is 0. The predicted octanol–water partition coefficient (Wildman–Crippen LogP) is 2.28. The van der Waals surface area contributed by atoms with E-state index in [-0.39, 0.29) is 5.79 Å². The van der Waals surface area contributed by atoms with Crippen LogP contribution in [-0.4, -0.2) is 48.6 Å². The normalized spacial score (nSPS) is 20.8. The van der Waals surface area contributed by atoms with Crippen molar-refractivity contribution in [3.8, 4) is 0 Å².